The first-order chi connectivity index (χ1) is 27.3. The molecule has 1 aliphatic heterocycles. The van der Waals surface area contributed by atoms with E-state index in [0.29, 0.717) is 0 Å². The number of hydrogen-bond acceptors (Lipinski definition) is 3. The molecule has 8 aromatic carbocycles. The van der Waals surface area contributed by atoms with Crippen LogP contribution in [0.2, 0.25) is 0 Å². The molecule has 0 saturated heterocycles. The maximum atomic E-state index is 6.89. The molecule has 1 unspecified atom stereocenters. The second kappa shape index (κ2) is 11.4. The zero-order valence-corrected chi connectivity index (χ0v) is 29.8. The van der Waals surface area contributed by atoms with Crippen LogP contribution in [0.5, 0.6) is 11.5 Å². The van der Waals surface area contributed by atoms with Crippen LogP contribution in [0.15, 0.2) is 199 Å². The monoisotopic (exact) mass is 703 g/mol. The first-order valence-corrected chi connectivity index (χ1v) is 19.0. The van der Waals surface area contributed by atoms with Gasteiger partial charge in [-0.3, -0.25) is 0 Å². The number of benzene rings is 8. The van der Waals surface area contributed by atoms with E-state index in [1.54, 1.807) is 0 Å². The van der Waals surface area contributed by atoms with Crippen LogP contribution in [-0.4, -0.2) is 0 Å². The summed E-state index contributed by atoms with van der Waals surface area (Å²) in [4.78, 5) is 2.34. The highest BCUT2D eigenvalue weighted by Crippen LogP contribution is 2.62. The molecular weight excluding hydrogens is 671 g/mol. The summed E-state index contributed by atoms with van der Waals surface area (Å²) >= 11 is 0. The van der Waals surface area contributed by atoms with Crippen LogP contribution in [0, 0.1) is 0 Å². The van der Waals surface area contributed by atoms with Crippen molar-refractivity contribution in [1.82, 2.24) is 0 Å². The summed E-state index contributed by atoms with van der Waals surface area (Å²) in [7, 11) is 0. The molecule has 1 spiro atoms. The molecule has 3 heteroatoms. The smallest absolute Gasteiger partial charge is 0.139 e. The van der Waals surface area contributed by atoms with E-state index in [4.69, 9.17) is 9.15 Å². The summed E-state index contributed by atoms with van der Waals surface area (Å²) in [6.07, 6.45) is 0. The average Bonchev–Trinajstić information content (AvgIpc) is 3.88. The molecule has 2 aliphatic carbocycles. The van der Waals surface area contributed by atoms with Gasteiger partial charge in [0.2, 0.25) is 0 Å². The van der Waals surface area contributed by atoms with Gasteiger partial charge in [0.15, 0.2) is 0 Å². The summed E-state index contributed by atoms with van der Waals surface area (Å²) in [6, 6.07) is 69.8. The van der Waals surface area contributed by atoms with Crippen LogP contribution < -0.4 is 9.64 Å². The number of fused-ring (bicyclic) bond motifs is 14. The lowest BCUT2D eigenvalue weighted by atomic mass is 9.66. The number of para-hydroxylation sites is 2. The van der Waals surface area contributed by atoms with Crippen molar-refractivity contribution in [3.05, 3.63) is 233 Å². The molecule has 2 heterocycles. The summed E-state index contributed by atoms with van der Waals surface area (Å²) in [5.74, 6) is 2.83. The summed E-state index contributed by atoms with van der Waals surface area (Å²) in [6.45, 7) is 0. The van der Waals surface area contributed by atoms with Crippen LogP contribution in [0.4, 0.5) is 17.1 Å². The first-order valence-electron chi connectivity index (χ1n) is 19.0. The van der Waals surface area contributed by atoms with Crippen molar-refractivity contribution >= 4 is 28.0 Å². The Kier molecular flexibility index (Phi) is 6.32. The average molecular weight is 704 g/mol. The quantitative estimate of drug-likeness (QED) is 0.182. The van der Waals surface area contributed by atoms with Crippen molar-refractivity contribution < 1.29 is 9.15 Å². The minimum absolute atomic E-state index is 0.113. The number of ether oxygens (including phenoxy) is 1. The Hall–Kier alpha value is -7.10. The Labute approximate surface area is 319 Å². The largest absolute Gasteiger partial charge is 0.457 e. The normalized spacial score (nSPS) is 15.0. The van der Waals surface area contributed by atoms with Gasteiger partial charge in [0.1, 0.15) is 22.8 Å². The fraction of sp³-hybridized carbons (Fsp3) is 0.0385. The molecule has 0 amide bonds. The van der Waals surface area contributed by atoms with Gasteiger partial charge in [-0.2, -0.15) is 0 Å². The molecule has 0 radical (unpaired) electrons. The SMILES string of the molecule is c1ccc(C2c3ccccc3-c3oc4cc(N(c5ccccc5)c5ccc6c(c5)C5(c7ccccc7O6)c6ccccc6-c6ccccc65)ccc4c32)cc1. The molecule has 9 aromatic rings. The van der Waals surface area contributed by atoms with Crippen LogP contribution >= 0.6 is 0 Å². The van der Waals surface area contributed by atoms with Gasteiger partial charge in [-0.15, -0.1) is 0 Å². The second-order valence-electron chi connectivity index (χ2n) is 14.7. The van der Waals surface area contributed by atoms with Crippen LogP contribution in [0.3, 0.4) is 0 Å². The van der Waals surface area contributed by atoms with E-state index >= 15 is 0 Å². The zero-order chi connectivity index (χ0) is 36.1. The van der Waals surface area contributed by atoms with Crippen molar-refractivity contribution in [2.24, 2.45) is 0 Å². The molecule has 12 rings (SSSR count). The first kappa shape index (κ1) is 30.4. The maximum absolute atomic E-state index is 6.89. The highest BCUT2D eigenvalue weighted by atomic mass is 16.5. The number of anilines is 3. The lowest BCUT2D eigenvalue weighted by Crippen LogP contribution is -2.32. The van der Waals surface area contributed by atoms with Crippen molar-refractivity contribution in [3.63, 3.8) is 0 Å². The van der Waals surface area contributed by atoms with Gasteiger partial charge in [-0.25, -0.2) is 0 Å². The van der Waals surface area contributed by atoms with E-state index < -0.39 is 5.41 Å². The van der Waals surface area contributed by atoms with E-state index in [0.717, 1.165) is 56.4 Å². The standard InChI is InChI=1S/C52H33NO2/c1-3-15-33(16-4-1)49-39-21-7-8-22-40(39)51-50(49)41-29-27-36(32-48(41)55-51)53(34-17-5-2-6-18-34)35-28-30-47-45(31-35)52(44-25-13-14-26-46(44)54-47)42-23-11-9-19-37(42)38-20-10-12-24-43(38)52/h1-32,49H. The van der Waals surface area contributed by atoms with Gasteiger partial charge < -0.3 is 14.1 Å². The van der Waals surface area contributed by atoms with E-state index in [-0.39, 0.29) is 5.92 Å². The number of nitrogens with zero attached hydrogens (tertiary/aromatic N) is 1. The molecule has 55 heavy (non-hydrogen) atoms. The topological polar surface area (TPSA) is 25.6 Å². The number of furan rings is 1. The number of hydrogen-bond donors (Lipinski definition) is 0. The maximum Gasteiger partial charge on any atom is 0.139 e. The fourth-order valence-electron chi connectivity index (χ4n) is 9.84. The molecule has 0 fully saturated rings. The van der Waals surface area contributed by atoms with E-state index in [9.17, 15) is 0 Å². The minimum Gasteiger partial charge on any atom is -0.457 e. The highest BCUT2D eigenvalue weighted by Gasteiger charge is 2.51. The lowest BCUT2D eigenvalue weighted by Gasteiger charge is -2.40. The van der Waals surface area contributed by atoms with Gasteiger partial charge in [0.05, 0.1) is 5.41 Å². The van der Waals surface area contributed by atoms with Gasteiger partial charge in [0.25, 0.3) is 0 Å². The predicted molar refractivity (Wildman–Crippen MR) is 221 cm³/mol. The van der Waals surface area contributed by atoms with Crippen molar-refractivity contribution in [2.75, 3.05) is 4.90 Å². The molecule has 1 atom stereocenters. The summed E-state index contributed by atoms with van der Waals surface area (Å²) in [5.41, 5.74) is 15.8. The molecule has 1 aromatic heterocycles. The third-order valence-electron chi connectivity index (χ3n) is 12.0. The molecule has 3 nitrogen and oxygen atoms in total. The van der Waals surface area contributed by atoms with Gasteiger partial charge in [0, 0.05) is 56.7 Å². The molecule has 0 saturated carbocycles. The minimum atomic E-state index is -0.554. The molecule has 0 N–H and O–H groups in total. The van der Waals surface area contributed by atoms with Crippen molar-refractivity contribution in [2.45, 2.75) is 11.3 Å². The van der Waals surface area contributed by atoms with Gasteiger partial charge in [-0.1, -0.05) is 140 Å². The van der Waals surface area contributed by atoms with Gasteiger partial charge >= 0.3 is 0 Å². The molecular formula is C52H33NO2. The van der Waals surface area contributed by atoms with Crippen LogP contribution in [0.25, 0.3) is 33.4 Å². The Morgan fingerprint density at radius 3 is 1.78 bits per heavy atom. The highest BCUT2D eigenvalue weighted by molar-refractivity contribution is 5.97. The Morgan fingerprint density at radius 2 is 1.02 bits per heavy atom. The van der Waals surface area contributed by atoms with Gasteiger partial charge in [-0.05, 0) is 81.9 Å². The van der Waals surface area contributed by atoms with E-state index in [1.807, 2.05) is 0 Å². The molecule has 0 bridgehead atoms. The molecule has 3 aliphatic rings. The van der Waals surface area contributed by atoms with Crippen molar-refractivity contribution in [3.8, 4) is 33.9 Å². The Bertz CT molecular complexity index is 2930. The van der Waals surface area contributed by atoms with Crippen molar-refractivity contribution in [1.29, 1.82) is 0 Å². The predicted octanol–water partition coefficient (Wildman–Crippen LogP) is 13.5. The lowest BCUT2D eigenvalue weighted by molar-refractivity contribution is 0.436. The Balaban J connectivity index is 1.08. The van der Waals surface area contributed by atoms with Crippen LogP contribution in [-0.2, 0) is 5.41 Å². The van der Waals surface area contributed by atoms with E-state index in [2.05, 4.69) is 199 Å². The summed E-state index contributed by atoms with van der Waals surface area (Å²) < 4.78 is 13.7. The third kappa shape index (κ3) is 4.15. The summed E-state index contributed by atoms with van der Waals surface area (Å²) in [5, 5.41) is 1.14. The number of rotatable bonds is 4. The molecule has 258 valence electrons. The van der Waals surface area contributed by atoms with E-state index in [1.165, 1.54) is 44.5 Å². The zero-order valence-electron chi connectivity index (χ0n) is 29.8. The second-order valence-corrected chi connectivity index (χ2v) is 14.7. The third-order valence-corrected chi connectivity index (χ3v) is 12.0. The van der Waals surface area contributed by atoms with Crippen LogP contribution in [0.1, 0.15) is 44.9 Å². The fourth-order valence-corrected chi connectivity index (χ4v) is 9.84. The Morgan fingerprint density at radius 1 is 0.436 bits per heavy atom.